The minimum Gasteiger partial charge on any atom is -0.356 e. The molecule has 1 saturated heterocycles. The first-order valence-corrected chi connectivity index (χ1v) is 10.3. The van der Waals surface area contributed by atoms with Crippen LogP contribution in [0.25, 0.3) is 0 Å². The minimum absolute atomic E-state index is 0.0126. The fourth-order valence-electron chi connectivity index (χ4n) is 4.83. The predicted molar refractivity (Wildman–Crippen MR) is 109 cm³/mol. The molecule has 0 radical (unpaired) electrons. The van der Waals surface area contributed by atoms with Crippen LogP contribution in [-0.4, -0.2) is 49.4 Å². The Morgan fingerprint density at radius 1 is 1.07 bits per heavy atom. The molecule has 7 heteroatoms. The summed E-state index contributed by atoms with van der Waals surface area (Å²) in [6.07, 6.45) is 6.63. The van der Waals surface area contributed by atoms with Crippen LogP contribution in [0.5, 0.6) is 0 Å². The van der Waals surface area contributed by atoms with Gasteiger partial charge >= 0.3 is 0 Å². The van der Waals surface area contributed by atoms with E-state index < -0.39 is 0 Å². The molecule has 4 rings (SSSR count). The Morgan fingerprint density at radius 3 is 2.31 bits per heavy atom. The van der Waals surface area contributed by atoms with E-state index in [0.29, 0.717) is 32.0 Å². The SMILES string of the molecule is CN=C(NCCCN1C(=O)C2C3C=CC(C3)C2C1=O)NCCc1ccc(F)cc1. The summed E-state index contributed by atoms with van der Waals surface area (Å²) in [4.78, 5) is 31.0. The van der Waals surface area contributed by atoms with Crippen LogP contribution in [0.3, 0.4) is 0 Å². The third kappa shape index (κ3) is 3.91. The quantitative estimate of drug-likeness (QED) is 0.241. The van der Waals surface area contributed by atoms with Gasteiger partial charge in [-0.25, -0.2) is 4.39 Å². The van der Waals surface area contributed by atoms with E-state index >= 15 is 0 Å². The first kappa shape index (κ1) is 19.6. The Hall–Kier alpha value is -2.70. The fourth-order valence-corrected chi connectivity index (χ4v) is 4.83. The zero-order valence-electron chi connectivity index (χ0n) is 16.6. The molecular formula is C22H27FN4O2. The molecule has 2 amide bonds. The number of hydrogen-bond acceptors (Lipinski definition) is 3. The lowest BCUT2D eigenvalue weighted by Gasteiger charge is -2.18. The third-order valence-corrected chi connectivity index (χ3v) is 6.26. The lowest BCUT2D eigenvalue weighted by Crippen LogP contribution is -2.40. The van der Waals surface area contributed by atoms with E-state index in [1.54, 1.807) is 19.2 Å². The molecule has 1 saturated carbocycles. The molecule has 1 aliphatic heterocycles. The van der Waals surface area contributed by atoms with Crippen molar-refractivity contribution in [3.05, 3.63) is 47.8 Å². The standard InChI is InChI=1S/C22H27FN4O2/c1-24-22(26-11-9-14-3-7-17(23)8-4-14)25-10-2-12-27-20(28)18-15-5-6-16(13-15)19(18)21(27)29/h3-8,15-16,18-19H,2,9-13H2,1H3,(H2,24,25,26). The van der Waals surface area contributed by atoms with Gasteiger partial charge in [0, 0.05) is 26.7 Å². The molecule has 2 fully saturated rings. The van der Waals surface area contributed by atoms with Crippen molar-refractivity contribution in [3.8, 4) is 0 Å². The maximum atomic E-state index is 12.9. The van der Waals surface area contributed by atoms with Gasteiger partial charge < -0.3 is 10.6 Å². The number of amides is 2. The monoisotopic (exact) mass is 398 g/mol. The zero-order valence-corrected chi connectivity index (χ0v) is 16.6. The van der Waals surface area contributed by atoms with E-state index in [-0.39, 0.29) is 41.3 Å². The maximum absolute atomic E-state index is 12.9. The number of rotatable bonds is 7. The molecule has 0 spiro atoms. The summed E-state index contributed by atoms with van der Waals surface area (Å²) in [6, 6.07) is 6.46. The number of nitrogens with zero attached hydrogens (tertiary/aromatic N) is 2. The van der Waals surface area contributed by atoms with Crippen LogP contribution in [0.1, 0.15) is 18.4 Å². The number of nitrogens with one attached hydrogen (secondary N) is 2. The van der Waals surface area contributed by atoms with E-state index in [2.05, 4.69) is 27.8 Å². The molecule has 1 aromatic carbocycles. The number of imide groups is 1. The molecule has 29 heavy (non-hydrogen) atoms. The van der Waals surface area contributed by atoms with Crippen molar-refractivity contribution >= 4 is 17.8 Å². The van der Waals surface area contributed by atoms with Gasteiger partial charge in [0.25, 0.3) is 0 Å². The summed E-state index contributed by atoms with van der Waals surface area (Å²) in [5.41, 5.74) is 1.05. The highest BCUT2D eigenvalue weighted by Crippen LogP contribution is 2.52. The van der Waals surface area contributed by atoms with E-state index in [1.165, 1.54) is 17.0 Å². The number of allylic oxidation sites excluding steroid dienone is 2. The van der Waals surface area contributed by atoms with E-state index in [9.17, 15) is 14.0 Å². The van der Waals surface area contributed by atoms with Gasteiger partial charge in [-0.1, -0.05) is 24.3 Å². The summed E-state index contributed by atoms with van der Waals surface area (Å²) in [7, 11) is 1.70. The summed E-state index contributed by atoms with van der Waals surface area (Å²) in [5.74, 6) is 0.740. The lowest BCUT2D eigenvalue weighted by atomic mass is 9.85. The molecule has 1 aromatic rings. The second kappa shape index (κ2) is 8.35. The highest BCUT2D eigenvalue weighted by molar-refractivity contribution is 6.06. The van der Waals surface area contributed by atoms with Crippen LogP contribution in [0.2, 0.25) is 0 Å². The van der Waals surface area contributed by atoms with Crippen LogP contribution in [-0.2, 0) is 16.0 Å². The van der Waals surface area contributed by atoms with Crippen LogP contribution in [0.4, 0.5) is 4.39 Å². The second-order valence-electron chi connectivity index (χ2n) is 7.98. The first-order chi connectivity index (χ1) is 14.1. The molecule has 2 N–H and O–H groups in total. The molecule has 3 aliphatic rings. The molecular weight excluding hydrogens is 371 g/mol. The molecule has 6 nitrogen and oxygen atoms in total. The van der Waals surface area contributed by atoms with Gasteiger partial charge in [0.2, 0.25) is 11.8 Å². The lowest BCUT2D eigenvalue weighted by molar-refractivity contribution is -0.140. The molecule has 4 unspecified atom stereocenters. The Morgan fingerprint density at radius 2 is 1.69 bits per heavy atom. The maximum Gasteiger partial charge on any atom is 0.233 e. The average molecular weight is 398 g/mol. The van der Waals surface area contributed by atoms with Crippen LogP contribution in [0, 0.1) is 29.5 Å². The molecule has 154 valence electrons. The van der Waals surface area contributed by atoms with Gasteiger partial charge in [-0.05, 0) is 48.8 Å². The van der Waals surface area contributed by atoms with Gasteiger partial charge in [-0.3, -0.25) is 19.5 Å². The number of fused-ring (bicyclic) bond motifs is 5. The van der Waals surface area contributed by atoms with Crippen molar-refractivity contribution in [2.45, 2.75) is 19.3 Å². The molecule has 4 atom stereocenters. The number of carbonyl (C=O) groups excluding carboxylic acids is 2. The zero-order chi connectivity index (χ0) is 20.4. The molecule has 2 bridgehead atoms. The number of hydrogen-bond donors (Lipinski definition) is 2. The number of carbonyl (C=O) groups is 2. The number of benzene rings is 1. The summed E-state index contributed by atoms with van der Waals surface area (Å²) in [6.45, 7) is 1.74. The Labute approximate surface area is 170 Å². The molecule has 0 aromatic heterocycles. The number of likely N-dealkylation sites (tertiary alicyclic amines) is 1. The fraction of sp³-hybridized carbons (Fsp3) is 0.500. The van der Waals surface area contributed by atoms with Crippen LogP contribution in [0.15, 0.2) is 41.4 Å². The first-order valence-electron chi connectivity index (χ1n) is 10.3. The molecule has 1 heterocycles. The minimum atomic E-state index is -0.235. The summed E-state index contributed by atoms with van der Waals surface area (Å²) in [5, 5.41) is 6.44. The largest absolute Gasteiger partial charge is 0.356 e. The third-order valence-electron chi connectivity index (χ3n) is 6.26. The van der Waals surface area contributed by atoms with Crippen molar-refractivity contribution in [1.29, 1.82) is 0 Å². The Kier molecular flexibility index (Phi) is 5.65. The highest BCUT2D eigenvalue weighted by Gasteiger charge is 2.58. The number of guanidine groups is 1. The topological polar surface area (TPSA) is 73.8 Å². The molecule has 2 aliphatic carbocycles. The van der Waals surface area contributed by atoms with Gasteiger partial charge in [0.05, 0.1) is 11.8 Å². The van der Waals surface area contributed by atoms with Crippen molar-refractivity contribution in [1.82, 2.24) is 15.5 Å². The van der Waals surface area contributed by atoms with Crippen molar-refractivity contribution in [2.24, 2.45) is 28.7 Å². The van der Waals surface area contributed by atoms with Gasteiger partial charge in [0.1, 0.15) is 5.82 Å². The summed E-state index contributed by atoms with van der Waals surface area (Å²) < 4.78 is 12.9. The Bertz CT molecular complexity index is 806. The number of halogens is 1. The van der Waals surface area contributed by atoms with Crippen molar-refractivity contribution in [2.75, 3.05) is 26.7 Å². The van der Waals surface area contributed by atoms with Crippen molar-refractivity contribution in [3.63, 3.8) is 0 Å². The normalized spacial score (nSPS) is 27.7. The predicted octanol–water partition coefficient (Wildman–Crippen LogP) is 1.73. The Balaban J connectivity index is 1.17. The van der Waals surface area contributed by atoms with Gasteiger partial charge in [0.15, 0.2) is 5.96 Å². The van der Waals surface area contributed by atoms with Gasteiger partial charge in [-0.15, -0.1) is 0 Å². The summed E-state index contributed by atoms with van der Waals surface area (Å²) >= 11 is 0. The van der Waals surface area contributed by atoms with Crippen LogP contribution < -0.4 is 10.6 Å². The highest BCUT2D eigenvalue weighted by atomic mass is 19.1. The number of aliphatic imine (C=N–C) groups is 1. The van der Waals surface area contributed by atoms with Crippen LogP contribution >= 0.6 is 0 Å². The van der Waals surface area contributed by atoms with E-state index in [0.717, 1.165) is 18.4 Å². The smallest absolute Gasteiger partial charge is 0.233 e. The van der Waals surface area contributed by atoms with Gasteiger partial charge in [-0.2, -0.15) is 0 Å². The van der Waals surface area contributed by atoms with E-state index in [4.69, 9.17) is 0 Å². The van der Waals surface area contributed by atoms with E-state index in [1.807, 2.05) is 0 Å². The second-order valence-corrected chi connectivity index (χ2v) is 7.98. The van der Waals surface area contributed by atoms with Crippen molar-refractivity contribution < 1.29 is 14.0 Å². The average Bonchev–Trinajstić information content (AvgIpc) is 3.40.